The highest BCUT2D eigenvalue weighted by Crippen LogP contribution is 2.39. The van der Waals surface area contributed by atoms with Crippen LogP contribution in [0.5, 0.6) is 0 Å². The minimum atomic E-state index is -0.954. The Morgan fingerprint density at radius 2 is 1.88 bits per heavy atom. The highest BCUT2D eigenvalue weighted by atomic mass is 16.4. The predicted molar refractivity (Wildman–Crippen MR) is 126 cm³/mol. The van der Waals surface area contributed by atoms with Crippen molar-refractivity contribution in [3.05, 3.63) is 66.1 Å². The van der Waals surface area contributed by atoms with Crippen molar-refractivity contribution in [2.75, 3.05) is 0 Å². The van der Waals surface area contributed by atoms with Crippen LogP contribution >= 0.6 is 0 Å². The van der Waals surface area contributed by atoms with Crippen LogP contribution in [0.15, 0.2) is 54.9 Å². The average Bonchev–Trinajstić information content (AvgIpc) is 3.40. The summed E-state index contributed by atoms with van der Waals surface area (Å²) in [6.07, 6.45) is 5.54. The van der Waals surface area contributed by atoms with Gasteiger partial charge in [0.1, 0.15) is 5.69 Å². The molecule has 0 unspecified atom stereocenters. The molecule has 1 aliphatic rings. The van der Waals surface area contributed by atoms with Crippen molar-refractivity contribution >= 4 is 22.8 Å². The second kappa shape index (κ2) is 9.20. The minimum Gasteiger partial charge on any atom is -0.478 e. The predicted octanol–water partition coefficient (Wildman–Crippen LogP) is 3.93. The fourth-order valence-electron chi connectivity index (χ4n) is 3.80. The standard InChI is InChI=1S/C21H16N4O2.C4H9NO/c26-21(27)13-6-7-14-15(8-10-23-17(14)12-13)19-18-5-3-11-25(18)24-20(19)16-4-1-2-9-22-16;1-3(2)4(5)6/h1-2,4,6-10,12H,3,5,11H2,(H,26,27);3H,1-2H3,(H2,5,6). The summed E-state index contributed by atoms with van der Waals surface area (Å²) in [7, 11) is 0. The zero-order valence-corrected chi connectivity index (χ0v) is 18.5. The van der Waals surface area contributed by atoms with E-state index in [9.17, 15) is 14.7 Å². The molecule has 5 rings (SSSR count). The molecule has 0 atom stereocenters. The molecule has 0 bridgehead atoms. The van der Waals surface area contributed by atoms with E-state index in [2.05, 4.69) is 14.6 Å². The van der Waals surface area contributed by atoms with E-state index < -0.39 is 5.97 Å². The van der Waals surface area contributed by atoms with Crippen molar-refractivity contribution in [3.63, 3.8) is 0 Å². The van der Waals surface area contributed by atoms with Crippen molar-refractivity contribution in [2.45, 2.75) is 33.2 Å². The van der Waals surface area contributed by atoms with Crippen molar-refractivity contribution in [1.82, 2.24) is 19.7 Å². The fraction of sp³-hybridized carbons (Fsp3) is 0.240. The number of primary amides is 1. The lowest BCUT2D eigenvalue weighted by Gasteiger charge is -2.09. The molecule has 8 nitrogen and oxygen atoms in total. The van der Waals surface area contributed by atoms with E-state index in [1.54, 1.807) is 38.4 Å². The average molecular weight is 444 g/mol. The molecule has 8 heteroatoms. The van der Waals surface area contributed by atoms with Gasteiger partial charge < -0.3 is 10.8 Å². The van der Waals surface area contributed by atoms with E-state index in [1.165, 1.54) is 5.69 Å². The topological polar surface area (TPSA) is 124 Å². The molecule has 4 heterocycles. The Morgan fingerprint density at radius 3 is 2.55 bits per heavy atom. The number of carbonyl (C=O) groups is 2. The van der Waals surface area contributed by atoms with Gasteiger partial charge in [0, 0.05) is 41.5 Å². The number of rotatable bonds is 4. The summed E-state index contributed by atoms with van der Waals surface area (Å²) < 4.78 is 2.07. The summed E-state index contributed by atoms with van der Waals surface area (Å²) in [5, 5.41) is 15.0. The third-order valence-electron chi connectivity index (χ3n) is 5.58. The quantitative estimate of drug-likeness (QED) is 0.492. The van der Waals surface area contributed by atoms with Gasteiger partial charge in [0.05, 0.1) is 16.8 Å². The maximum absolute atomic E-state index is 11.3. The number of aromatic nitrogens is 4. The van der Waals surface area contributed by atoms with Crippen molar-refractivity contribution in [1.29, 1.82) is 0 Å². The highest BCUT2D eigenvalue weighted by molar-refractivity contribution is 6.01. The summed E-state index contributed by atoms with van der Waals surface area (Å²) >= 11 is 0. The highest BCUT2D eigenvalue weighted by Gasteiger charge is 2.25. The smallest absolute Gasteiger partial charge is 0.335 e. The number of aromatic carboxylic acids is 1. The number of carboxylic acid groups (broad SMARTS) is 1. The normalized spacial score (nSPS) is 12.3. The second-order valence-electron chi connectivity index (χ2n) is 8.16. The van der Waals surface area contributed by atoms with Crippen molar-refractivity contribution in [2.24, 2.45) is 11.7 Å². The molecule has 0 saturated carbocycles. The van der Waals surface area contributed by atoms with Gasteiger partial charge in [0.2, 0.25) is 5.91 Å². The Bertz CT molecular complexity index is 1330. The van der Waals surface area contributed by atoms with E-state index in [4.69, 9.17) is 10.8 Å². The molecule has 0 radical (unpaired) electrons. The first-order valence-corrected chi connectivity index (χ1v) is 10.8. The molecular weight excluding hydrogens is 418 g/mol. The van der Waals surface area contributed by atoms with Crippen LogP contribution in [-0.2, 0) is 17.8 Å². The van der Waals surface area contributed by atoms with E-state index in [1.807, 2.05) is 30.3 Å². The van der Waals surface area contributed by atoms with Gasteiger partial charge in [-0.3, -0.25) is 19.4 Å². The molecule has 33 heavy (non-hydrogen) atoms. The number of hydrogen-bond donors (Lipinski definition) is 2. The van der Waals surface area contributed by atoms with Gasteiger partial charge >= 0.3 is 5.97 Å². The van der Waals surface area contributed by atoms with Crippen molar-refractivity contribution in [3.8, 4) is 22.5 Å². The van der Waals surface area contributed by atoms with Crippen LogP contribution in [0.3, 0.4) is 0 Å². The van der Waals surface area contributed by atoms with Crippen LogP contribution in [-0.4, -0.2) is 36.7 Å². The second-order valence-corrected chi connectivity index (χ2v) is 8.16. The number of carbonyl (C=O) groups excluding carboxylic acids is 1. The summed E-state index contributed by atoms with van der Waals surface area (Å²) in [6, 6.07) is 12.9. The first kappa shape index (κ1) is 22.1. The molecule has 1 aliphatic heterocycles. The number of pyridine rings is 2. The van der Waals surface area contributed by atoms with Crippen LogP contribution in [0.25, 0.3) is 33.4 Å². The van der Waals surface area contributed by atoms with Crippen molar-refractivity contribution < 1.29 is 14.7 Å². The minimum absolute atomic E-state index is 0.00926. The van der Waals surface area contributed by atoms with Crippen LogP contribution in [0, 0.1) is 5.92 Å². The zero-order valence-electron chi connectivity index (χ0n) is 18.5. The fourth-order valence-corrected chi connectivity index (χ4v) is 3.80. The molecular formula is C25H25N5O3. The van der Waals surface area contributed by atoms with Gasteiger partial charge in [0.15, 0.2) is 0 Å². The Morgan fingerprint density at radius 1 is 1.09 bits per heavy atom. The maximum atomic E-state index is 11.3. The molecule has 0 saturated heterocycles. The Labute approximate surface area is 191 Å². The number of nitrogens with two attached hydrogens (primary N) is 1. The number of amides is 1. The third-order valence-corrected chi connectivity index (χ3v) is 5.58. The zero-order chi connectivity index (χ0) is 23.5. The summed E-state index contributed by atoms with van der Waals surface area (Å²) in [6.45, 7) is 4.44. The lowest BCUT2D eigenvalue weighted by molar-refractivity contribution is -0.120. The van der Waals surface area contributed by atoms with Gasteiger partial charge in [-0.15, -0.1) is 0 Å². The Kier molecular flexibility index (Phi) is 6.17. The van der Waals surface area contributed by atoms with Gasteiger partial charge in [-0.1, -0.05) is 26.0 Å². The van der Waals surface area contributed by atoms with Crippen LogP contribution in [0.1, 0.15) is 36.3 Å². The number of nitrogens with zero attached hydrogens (tertiary/aromatic N) is 4. The number of aryl methyl sites for hydroxylation is 1. The molecule has 3 aromatic heterocycles. The molecule has 0 fully saturated rings. The van der Waals surface area contributed by atoms with Gasteiger partial charge in [-0.2, -0.15) is 5.10 Å². The molecule has 4 aromatic rings. The van der Waals surface area contributed by atoms with Gasteiger partial charge in [-0.25, -0.2) is 4.79 Å². The maximum Gasteiger partial charge on any atom is 0.335 e. The number of benzene rings is 1. The van der Waals surface area contributed by atoms with Crippen LogP contribution in [0.2, 0.25) is 0 Å². The molecule has 1 amide bonds. The molecule has 1 aromatic carbocycles. The summed E-state index contributed by atoms with van der Waals surface area (Å²) in [5.41, 5.74) is 10.7. The lowest BCUT2D eigenvalue weighted by atomic mass is 9.96. The largest absolute Gasteiger partial charge is 0.478 e. The molecule has 0 aliphatic carbocycles. The lowest BCUT2D eigenvalue weighted by Crippen LogP contribution is -2.17. The first-order chi connectivity index (χ1) is 15.9. The SMILES string of the molecule is CC(C)C(N)=O.O=C(O)c1ccc2c(-c3c(-c4ccccn4)nn4c3CCC4)ccnc2c1. The van der Waals surface area contributed by atoms with Gasteiger partial charge in [0.25, 0.3) is 0 Å². The van der Waals surface area contributed by atoms with Crippen LogP contribution < -0.4 is 5.73 Å². The Balaban J connectivity index is 0.000000385. The molecule has 3 N–H and O–H groups in total. The Hall–Kier alpha value is -4.07. The van der Waals surface area contributed by atoms with E-state index in [0.717, 1.165) is 47.3 Å². The molecule has 0 spiro atoms. The first-order valence-electron chi connectivity index (χ1n) is 10.8. The van der Waals surface area contributed by atoms with E-state index in [-0.39, 0.29) is 17.4 Å². The number of hydrogen-bond acceptors (Lipinski definition) is 5. The summed E-state index contributed by atoms with van der Waals surface area (Å²) in [5.74, 6) is -1.20. The van der Waals surface area contributed by atoms with Crippen LogP contribution in [0.4, 0.5) is 0 Å². The molecule has 168 valence electrons. The number of fused-ring (bicyclic) bond motifs is 2. The number of carboxylic acids is 1. The summed E-state index contributed by atoms with van der Waals surface area (Å²) in [4.78, 5) is 30.1. The monoisotopic (exact) mass is 443 g/mol. The van der Waals surface area contributed by atoms with E-state index >= 15 is 0 Å². The van der Waals surface area contributed by atoms with E-state index in [0.29, 0.717) is 5.52 Å². The van der Waals surface area contributed by atoms with Gasteiger partial charge in [-0.05, 0) is 48.7 Å². The third kappa shape index (κ3) is 4.45.